The molecule has 0 bridgehead atoms. The monoisotopic (exact) mass is 1120 g/mol. The standard InChI is InChI=1S/C44H110O11Si11/c1-34(2)23-61-49-59-47-57-45-56-46-58-48-60-50-62(24-35(3)4,25-36(5)6)52-64(28-39(11)12,29-40(13)14)54-66(32-43(19)20,33-44(21)22)55-65(30-41(15)16,31-42(17)18)53-63(51-61,26-37(7)8)27-38(9)10/h34-44,61H,23-33,56-60H2,1-22H3. The van der Waals surface area contributed by atoms with Crippen molar-refractivity contribution in [2.24, 2.45) is 65.1 Å². The summed E-state index contributed by atoms with van der Waals surface area (Å²) in [5.41, 5.74) is 0. The van der Waals surface area contributed by atoms with E-state index in [0.717, 1.165) is 66.5 Å². The minimum absolute atomic E-state index is 0.362. The lowest BCUT2D eigenvalue weighted by atomic mass is 10.3. The Labute approximate surface area is 428 Å². The van der Waals surface area contributed by atoms with Crippen LogP contribution in [0.25, 0.3) is 0 Å². The second kappa shape index (κ2) is 32.3. The summed E-state index contributed by atoms with van der Waals surface area (Å²) in [6.07, 6.45) is 0. The molecule has 0 spiro atoms. The average molecular weight is 1120 g/mol. The van der Waals surface area contributed by atoms with Crippen molar-refractivity contribution in [1.29, 1.82) is 0 Å². The fraction of sp³-hybridized carbons (Fsp3) is 1.00. The topological polar surface area (TPSA) is 102 Å². The summed E-state index contributed by atoms with van der Waals surface area (Å²) in [6.45, 7) is 51.8. The molecule has 0 amide bonds. The second-order valence-corrected chi connectivity index (χ2v) is 53.8. The Kier molecular flexibility index (Phi) is 32.3. The highest BCUT2D eigenvalue weighted by Crippen LogP contribution is 2.46. The molecule has 1 aliphatic rings. The highest BCUT2D eigenvalue weighted by atomic mass is 28.5. The van der Waals surface area contributed by atoms with E-state index in [0.29, 0.717) is 65.1 Å². The lowest BCUT2D eigenvalue weighted by Crippen LogP contribution is -2.67. The van der Waals surface area contributed by atoms with Crippen LogP contribution in [0.1, 0.15) is 152 Å². The molecule has 0 aromatic carbocycles. The Morgan fingerprint density at radius 3 is 0.833 bits per heavy atom. The Morgan fingerprint density at radius 1 is 0.288 bits per heavy atom. The van der Waals surface area contributed by atoms with Gasteiger partial charge >= 0.3 is 52.1 Å². The van der Waals surface area contributed by atoms with Gasteiger partial charge in [0.25, 0.3) is 50.0 Å². The van der Waals surface area contributed by atoms with Crippen LogP contribution in [0.15, 0.2) is 0 Å². The zero-order valence-corrected chi connectivity index (χ0v) is 60.5. The molecular weight excluding hydrogens is 1010 g/mol. The number of rotatable bonds is 22. The predicted molar refractivity (Wildman–Crippen MR) is 307 cm³/mol. The highest BCUT2D eigenvalue weighted by Gasteiger charge is 2.60. The minimum atomic E-state index is -3.21. The van der Waals surface area contributed by atoms with Gasteiger partial charge < -0.3 is 45.3 Å². The van der Waals surface area contributed by atoms with Gasteiger partial charge in [-0.3, -0.25) is 0 Å². The molecule has 0 radical (unpaired) electrons. The van der Waals surface area contributed by atoms with Crippen LogP contribution in [0.3, 0.4) is 0 Å². The first-order chi connectivity index (χ1) is 30.5. The van der Waals surface area contributed by atoms with Gasteiger partial charge in [-0.1, -0.05) is 152 Å². The number of hydrogen-bond donors (Lipinski definition) is 0. The largest absolute Gasteiger partial charge is 0.425 e. The third-order valence-corrected chi connectivity index (χ3v) is 51.3. The molecule has 1 unspecified atom stereocenters. The third kappa shape index (κ3) is 27.8. The van der Waals surface area contributed by atoms with E-state index in [2.05, 4.69) is 152 Å². The molecular formula is C44H110O11Si11. The van der Waals surface area contributed by atoms with E-state index in [1.165, 1.54) is 0 Å². The molecule has 1 fully saturated rings. The Morgan fingerprint density at radius 2 is 0.530 bits per heavy atom. The molecule has 0 aliphatic carbocycles. The molecule has 0 aromatic heterocycles. The summed E-state index contributed by atoms with van der Waals surface area (Å²) in [5.74, 6) is 4.21. The van der Waals surface area contributed by atoms with Gasteiger partial charge in [0.15, 0.2) is 0 Å². The maximum absolute atomic E-state index is 8.61. The van der Waals surface area contributed by atoms with Crippen molar-refractivity contribution in [3.63, 3.8) is 0 Å². The van der Waals surface area contributed by atoms with Crippen LogP contribution in [0.2, 0.25) is 66.5 Å². The van der Waals surface area contributed by atoms with Crippen LogP contribution >= 0.6 is 0 Å². The zero-order valence-electron chi connectivity index (χ0n) is 47.2. The first-order valence-electron chi connectivity index (χ1n) is 26.5. The van der Waals surface area contributed by atoms with E-state index >= 15 is 0 Å². The summed E-state index contributed by atoms with van der Waals surface area (Å²) in [7, 11) is -24.1. The van der Waals surface area contributed by atoms with Crippen molar-refractivity contribution in [2.45, 2.75) is 219 Å². The first-order valence-corrected chi connectivity index (χ1v) is 45.2. The van der Waals surface area contributed by atoms with E-state index in [4.69, 9.17) is 45.3 Å². The van der Waals surface area contributed by atoms with E-state index in [1.54, 1.807) is 0 Å². The molecule has 0 aromatic rings. The van der Waals surface area contributed by atoms with Crippen molar-refractivity contribution in [3.8, 4) is 0 Å². The second-order valence-electron chi connectivity index (χ2n) is 24.8. The summed E-state index contributed by atoms with van der Waals surface area (Å²) >= 11 is 0. The lowest BCUT2D eigenvalue weighted by molar-refractivity contribution is 0.218. The molecule has 1 saturated heterocycles. The van der Waals surface area contributed by atoms with Gasteiger partial charge in [-0.05, 0) is 132 Å². The van der Waals surface area contributed by atoms with Gasteiger partial charge in [-0.25, -0.2) is 0 Å². The van der Waals surface area contributed by atoms with Crippen LogP contribution in [0, 0.1) is 65.1 Å². The molecule has 1 aliphatic heterocycles. The van der Waals surface area contributed by atoms with Crippen molar-refractivity contribution in [1.82, 2.24) is 0 Å². The average Bonchev–Trinajstić information content (AvgIpc) is 3.06. The highest BCUT2D eigenvalue weighted by molar-refractivity contribution is 6.92. The van der Waals surface area contributed by atoms with Gasteiger partial charge in [-0.2, -0.15) is 0 Å². The van der Waals surface area contributed by atoms with Gasteiger partial charge in [0, 0.05) is 0 Å². The molecule has 11 nitrogen and oxygen atoms in total. The van der Waals surface area contributed by atoms with Crippen LogP contribution in [-0.4, -0.2) is 102 Å². The fourth-order valence-electron chi connectivity index (χ4n) is 10.4. The third-order valence-electron chi connectivity index (χ3n) is 10.9. The smallest absolute Gasteiger partial charge is 0.321 e. The van der Waals surface area contributed by atoms with E-state index in [-0.39, 0.29) is 0 Å². The van der Waals surface area contributed by atoms with Crippen LogP contribution in [0.4, 0.5) is 0 Å². The summed E-state index contributed by atoms with van der Waals surface area (Å²) in [4.78, 5) is 0. The molecule has 1 heterocycles. The fourth-order valence-corrected chi connectivity index (χ4v) is 58.5. The first kappa shape index (κ1) is 66.0. The van der Waals surface area contributed by atoms with Crippen molar-refractivity contribution < 1.29 is 45.3 Å². The molecule has 1 atom stereocenters. The maximum atomic E-state index is 8.61. The SMILES string of the molecule is CC(C)C[SiH]1O[SiH2]O[SiH2]O[SiH2]O[SiH2]O[SiH2]O[Si](CC(C)C)(CC(C)C)O[Si](CC(C)C)(CC(C)C)O[Si](CC(C)C)(CC(C)C)O[Si](CC(C)C)(CC(C)C)O[Si](CC(C)C)(CC(C)C)O1. The Balaban J connectivity index is 4.69. The Hall–Kier alpha value is 1.95. The zero-order chi connectivity index (χ0) is 50.5. The van der Waals surface area contributed by atoms with Gasteiger partial charge in [-0.15, -0.1) is 0 Å². The number of hydrogen-bond acceptors (Lipinski definition) is 11. The summed E-state index contributed by atoms with van der Waals surface area (Å²) < 4.78 is 80.8. The van der Waals surface area contributed by atoms with Crippen LogP contribution in [0.5, 0.6) is 0 Å². The summed E-state index contributed by atoms with van der Waals surface area (Å²) in [6, 6.07) is 9.95. The van der Waals surface area contributed by atoms with E-state index in [1.807, 2.05) is 0 Å². The van der Waals surface area contributed by atoms with E-state index in [9.17, 15) is 0 Å². The normalized spacial score (nSPS) is 24.0. The molecule has 0 saturated carbocycles. The van der Waals surface area contributed by atoms with Crippen LogP contribution in [-0.2, 0) is 45.3 Å². The van der Waals surface area contributed by atoms with Gasteiger partial charge in [0.05, 0.1) is 0 Å². The van der Waals surface area contributed by atoms with Crippen molar-refractivity contribution in [3.05, 3.63) is 0 Å². The Bertz CT molecular complexity index is 1220. The summed E-state index contributed by atoms with van der Waals surface area (Å²) in [5, 5.41) is 0. The van der Waals surface area contributed by atoms with Crippen molar-refractivity contribution >= 4 is 102 Å². The molecule has 0 N–H and O–H groups in total. The predicted octanol–water partition coefficient (Wildman–Crippen LogP) is 9.82. The van der Waals surface area contributed by atoms with Gasteiger partial charge in [0.1, 0.15) is 0 Å². The minimum Gasteiger partial charge on any atom is -0.425 e. The molecule has 1 rings (SSSR count). The lowest BCUT2D eigenvalue weighted by Gasteiger charge is -2.52. The quantitative estimate of drug-likeness (QED) is 0.0970. The van der Waals surface area contributed by atoms with Crippen LogP contribution < -0.4 is 0 Å². The van der Waals surface area contributed by atoms with Gasteiger partial charge in [0.2, 0.25) is 0 Å². The van der Waals surface area contributed by atoms with Crippen molar-refractivity contribution in [2.75, 3.05) is 0 Å². The molecule has 396 valence electrons. The van der Waals surface area contributed by atoms with E-state index < -0.39 is 102 Å². The molecule has 22 heteroatoms. The molecule has 66 heavy (non-hydrogen) atoms. The maximum Gasteiger partial charge on any atom is 0.321 e.